The molecule has 17 nitrogen and oxygen atoms in total. The van der Waals surface area contributed by atoms with E-state index in [9.17, 15) is 43.2 Å². The van der Waals surface area contributed by atoms with E-state index in [0.29, 0.717) is 25.7 Å². The highest BCUT2D eigenvalue weighted by Gasteiger charge is 2.30. The van der Waals surface area contributed by atoms with Crippen LogP contribution in [0.5, 0.6) is 0 Å². The van der Waals surface area contributed by atoms with Gasteiger partial charge in [-0.15, -0.1) is 0 Å². The molecule has 0 heterocycles. The number of carbonyl (C=O) groups excluding carboxylic acids is 4. The van der Waals surface area contributed by atoms with Crippen LogP contribution in [-0.2, 0) is 65.4 Å². The lowest BCUT2D eigenvalue weighted by molar-refractivity contribution is -0.161. The van der Waals surface area contributed by atoms with Crippen molar-refractivity contribution in [1.29, 1.82) is 0 Å². The Labute approximate surface area is 594 Å². The van der Waals surface area contributed by atoms with E-state index in [1.807, 2.05) is 0 Å². The molecule has 0 saturated carbocycles. The first-order chi connectivity index (χ1) is 47.0. The van der Waals surface area contributed by atoms with E-state index < -0.39 is 97.5 Å². The zero-order chi connectivity index (χ0) is 71.2. The summed E-state index contributed by atoms with van der Waals surface area (Å²) < 4.78 is 68.5. The van der Waals surface area contributed by atoms with Crippen LogP contribution in [-0.4, -0.2) is 96.7 Å². The number of aliphatic hydroxyl groups excluding tert-OH is 1. The Morgan fingerprint density at radius 3 is 0.701 bits per heavy atom. The SMILES string of the molecule is CCCCCCCCCCCCCCCCCCC(=O)OC[C@H](COP(=O)(O)OC[C@@H](O)COP(=O)(O)OC[C@@H](COC(=O)CCCCCCCCCCCC)OC(=O)CCCCCCCCCCCC)OC(=O)CCCCCCCCCCCCCCCCCCCCC(C)C. The van der Waals surface area contributed by atoms with Crippen molar-refractivity contribution in [2.45, 2.75) is 432 Å². The van der Waals surface area contributed by atoms with Crippen LogP contribution in [0.15, 0.2) is 0 Å². The molecule has 2 unspecified atom stereocenters. The van der Waals surface area contributed by atoms with E-state index in [1.54, 1.807) is 0 Å². The second-order valence-corrected chi connectivity index (χ2v) is 31.5. The Balaban J connectivity index is 5.19. The van der Waals surface area contributed by atoms with Crippen LogP contribution in [0.4, 0.5) is 0 Å². The third kappa shape index (κ3) is 72.2. The number of rotatable bonds is 78. The molecule has 0 amide bonds. The summed E-state index contributed by atoms with van der Waals surface area (Å²) in [4.78, 5) is 72.8. The molecule has 0 aromatic heterocycles. The Hall–Kier alpha value is -1.94. The maximum absolute atomic E-state index is 13.1. The molecule has 0 aliphatic heterocycles. The molecule has 97 heavy (non-hydrogen) atoms. The van der Waals surface area contributed by atoms with Gasteiger partial charge in [-0.1, -0.05) is 362 Å². The van der Waals surface area contributed by atoms with E-state index in [0.717, 1.165) is 95.8 Å². The van der Waals surface area contributed by atoms with Crippen LogP contribution in [0.25, 0.3) is 0 Å². The summed E-state index contributed by atoms with van der Waals surface area (Å²) in [6.07, 6.45) is 61.0. The molecular formula is C78H152O17P2. The number of hydrogen-bond donors (Lipinski definition) is 3. The normalized spacial score (nSPS) is 13.9. The number of hydrogen-bond acceptors (Lipinski definition) is 15. The molecule has 0 aromatic rings. The van der Waals surface area contributed by atoms with Crippen molar-refractivity contribution in [1.82, 2.24) is 0 Å². The van der Waals surface area contributed by atoms with Gasteiger partial charge in [0.2, 0.25) is 0 Å². The molecule has 0 bridgehead atoms. The maximum Gasteiger partial charge on any atom is 0.472 e. The Morgan fingerprint density at radius 2 is 0.474 bits per heavy atom. The summed E-state index contributed by atoms with van der Waals surface area (Å²) in [7, 11) is -9.91. The summed E-state index contributed by atoms with van der Waals surface area (Å²) in [6, 6.07) is 0. The molecule has 0 aliphatic rings. The van der Waals surface area contributed by atoms with Crippen LogP contribution in [0.1, 0.15) is 413 Å². The second-order valence-electron chi connectivity index (χ2n) is 28.6. The molecule has 0 spiro atoms. The minimum Gasteiger partial charge on any atom is -0.462 e. The third-order valence-electron chi connectivity index (χ3n) is 18.3. The number of esters is 4. The molecule has 3 N–H and O–H groups in total. The van der Waals surface area contributed by atoms with Crippen molar-refractivity contribution in [2.24, 2.45) is 5.92 Å². The van der Waals surface area contributed by atoms with E-state index in [2.05, 4.69) is 34.6 Å². The zero-order valence-corrected chi connectivity index (χ0v) is 65.0. The minimum atomic E-state index is -4.96. The van der Waals surface area contributed by atoms with E-state index in [1.165, 1.54) is 238 Å². The largest absolute Gasteiger partial charge is 0.472 e. The topological polar surface area (TPSA) is 237 Å². The fourth-order valence-corrected chi connectivity index (χ4v) is 13.6. The van der Waals surface area contributed by atoms with Crippen LogP contribution in [0.2, 0.25) is 0 Å². The minimum absolute atomic E-state index is 0.107. The van der Waals surface area contributed by atoms with E-state index >= 15 is 0 Å². The standard InChI is InChI=1S/C78H152O17P2/c1-6-9-12-15-18-21-24-25-26-32-35-38-43-47-52-57-62-76(81)89-68-74(95-78(83)64-59-54-49-44-39-36-33-30-28-27-29-31-34-37-40-45-50-55-60-71(4)5)70-93-97(86,87)91-66-72(79)65-90-96(84,85)92-69-73(94-77(82)63-58-53-48-42-23-20-17-14-11-8-3)67-88-75(80)61-56-51-46-41-22-19-16-13-10-7-2/h71-74,79H,6-70H2,1-5H3,(H,84,85)(H,86,87)/t72-,73+,74+/m0/s1. The van der Waals surface area contributed by atoms with Crippen LogP contribution < -0.4 is 0 Å². The average Bonchev–Trinajstić information content (AvgIpc) is 1.49. The summed E-state index contributed by atoms with van der Waals surface area (Å²) in [5, 5.41) is 10.6. The van der Waals surface area contributed by atoms with Gasteiger partial charge in [-0.2, -0.15) is 0 Å². The summed E-state index contributed by atoms with van der Waals surface area (Å²) in [5.74, 6) is -1.29. The van der Waals surface area contributed by atoms with Gasteiger partial charge in [-0.25, -0.2) is 9.13 Å². The van der Waals surface area contributed by atoms with Gasteiger partial charge < -0.3 is 33.8 Å². The van der Waals surface area contributed by atoms with E-state index in [4.69, 9.17) is 37.0 Å². The second kappa shape index (κ2) is 71.1. The van der Waals surface area contributed by atoms with Gasteiger partial charge in [-0.05, 0) is 31.6 Å². The van der Waals surface area contributed by atoms with Crippen molar-refractivity contribution >= 4 is 39.5 Å². The summed E-state index contributed by atoms with van der Waals surface area (Å²) >= 11 is 0. The number of ether oxygens (including phenoxy) is 4. The summed E-state index contributed by atoms with van der Waals surface area (Å²) in [5.41, 5.74) is 0. The monoisotopic (exact) mass is 1420 g/mol. The van der Waals surface area contributed by atoms with Crippen LogP contribution >= 0.6 is 15.6 Å². The molecular weight excluding hydrogens is 1270 g/mol. The van der Waals surface area contributed by atoms with E-state index in [-0.39, 0.29) is 25.7 Å². The molecule has 0 saturated heterocycles. The molecule has 19 heteroatoms. The number of phosphoric acid groups is 2. The third-order valence-corrected chi connectivity index (χ3v) is 20.2. The lowest BCUT2D eigenvalue weighted by atomic mass is 10.0. The lowest BCUT2D eigenvalue weighted by Crippen LogP contribution is -2.30. The molecule has 0 rings (SSSR count). The maximum atomic E-state index is 13.1. The predicted octanol–water partition coefficient (Wildman–Crippen LogP) is 23.3. The lowest BCUT2D eigenvalue weighted by Gasteiger charge is -2.21. The Kier molecular flexibility index (Phi) is 69.6. The van der Waals surface area contributed by atoms with Crippen molar-refractivity contribution in [2.75, 3.05) is 39.6 Å². The number of phosphoric ester groups is 2. The van der Waals surface area contributed by atoms with Crippen molar-refractivity contribution in [3.63, 3.8) is 0 Å². The Bertz CT molecular complexity index is 1860. The van der Waals surface area contributed by atoms with Gasteiger partial charge in [0.1, 0.15) is 19.3 Å². The number of unbranched alkanes of at least 4 members (excludes halogenated alkanes) is 50. The van der Waals surface area contributed by atoms with Gasteiger partial charge >= 0.3 is 39.5 Å². The quantitative estimate of drug-likeness (QED) is 0.0222. The van der Waals surface area contributed by atoms with Gasteiger partial charge in [0, 0.05) is 25.7 Å². The first-order valence-electron chi connectivity index (χ1n) is 40.6. The fourth-order valence-electron chi connectivity index (χ4n) is 12.1. The molecule has 0 radical (unpaired) electrons. The molecule has 5 atom stereocenters. The molecule has 0 fully saturated rings. The predicted molar refractivity (Wildman–Crippen MR) is 395 cm³/mol. The highest BCUT2D eigenvalue weighted by molar-refractivity contribution is 7.47. The van der Waals surface area contributed by atoms with Gasteiger partial charge in [0.15, 0.2) is 12.2 Å². The van der Waals surface area contributed by atoms with Crippen LogP contribution in [0.3, 0.4) is 0 Å². The zero-order valence-electron chi connectivity index (χ0n) is 63.2. The van der Waals surface area contributed by atoms with Gasteiger partial charge in [0.25, 0.3) is 0 Å². The molecule has 0 aliphatic carbocycles. The first kappa shape index (κ1) is 95.1. The Morgan fingerprint density at radius 1 is 0.278 bits per heavy atom. The highest BCUT2D eigenvalue weighted by Crippen LogP contribution is 2.45. The number of carbonyl (C=O) groups is 4. The van der Waals surface area contributed by atoms with Gasteiger partial charge in [0.05, 0.1) is 26.4 Å². The fraction of sp³-hybridized carbons (Fsp3) is 0.949. The van der Waals surface area contributed by atoms with Crippen molar-refractivity contribution in [3.8, 4) is 0 Å². The number of aliphatic hydroxyl groups is 1. The van der Waals surface area contributed by atoms with Crippen molar-refractivity contribution in [3.05, 3.63) is 0 Å². The molecule has 0 aromatic carbocycles. The summed E-state index contributed by atoms with van der Waals surface area (Å²) in [6.45, 7) is 7.33. The van der Waals surface area contributed by atoms with Gasteiger partial charge in [-0.3, -0.25) is 37.3 Å². The molecule has 576 valence electrons. The first-order valence-corrected chi connectivity index (χ1v) is 43.6. The van der Waals surface area contributed by atoms with Crippen molar-refractivity contribution < 1.29 is 80.2 Å². The highest BCUT2D eigenvalue weighted by atomic mass is 31.2. The smallest absolute Gasteiger partial charge is 0.462 e. The van der Waals surface area contributed by atoms with Crippen LogP contribution in [0, 0.1) is 5.92 Å². The average molecular weight is 1420 g/mol.